The van der Waals surface area contributed by atoms with Gasteiger partial charge in [0.05, 0.1) is 30.6 Å². The number of hydrogen-bond donors (Lipinski definition) is 2. The Morgan fingerprint density at radius 1 is 1.43 bits per heavy atom. The van der Waals surface area contributed by atoms with E-state index in [1.54, 1.807) is 30.1 Å². The first kappa shape index (κ1) is 15.1. The summed E-state index contributed by atoms with van der Waals surface area (Å²) in [6.07, 6.45) is 1.81. The number of ether oxygens (including phenoxy) is 1. The Balaban J connectivity index is 2.20. The molecule has 21 heavy (non-hydrogen) atoms. The van der Waals surface area contributed by atoms with Crippen molar-refractivity contribution < 1.29 is 14.6 Å². The highest BCUT2D eigenvalue weighted by molar-refractivity contribution is 5.89. The number of aromatic nitrogens is 2. The van der Waals surface area contributed by atoms with Crippen molar-refractivity contribution in [3.05, 3.63) is 46.8 Å². The van der Waals surface area contributed by atoms with Crippen molar-refractivity contribution in [3.8, 4) is 0 Å². The summed E-state index contributed by atoms with van der Waals surface area (Å²) >= 11 is 0. The van der Waals surface area contributed by atoms with Gasteiger partial charge in [0.1, 0.15) is 0 Å². The van der Waals surface area contributed by atoms with Crippen LogP contribution in [-0.4, -0.2) is 28.0 Å². The van der Waals surface area contributed by atoms with E-state index in [2.05, 4.69) is 10.4 Å². The number of carbonyl (C=O) groups is 1. The third-order valence-electron chi connectivity index (χ3n) is 3.28. The Bertz CT molecular complexity index is 630. The molecule has 0 unspecified atom stereocenters. The first-order valence-corrected chi connectivity index (χ1v) is 6.59. The lowest BCUT2D eigenvalue weighted by molar-refractivity contribution is 0.0696. The van der Waals surface area contributed by atoms with E-state index in [0.29, 0.717) is 13.2 Å². The van der Waals surface area contributed by atoms with Gasteiger partial charge in [-0.25, -0.2) is 4.79 Å². The Labute approximate surface area is 123 Å². The average molecular weight is 289 g/mol. The first-order chi connectivity index (χ1) is 10.0. The molecule has 2 aromatic rings. The Hall–Kier alpha value is -2.34. The van der Waals surface area contributed by atoms with E-state index < -0.39 is 5.97 Å². The van der Waals surface area contributed by atoms with E-state index in [1.807, 2.05) is 20.0 Å². The Kier molecular flexibility index (Phi) is 4.59. The number of benzene rings is 1. The van der Waals surface area contributed by atoms with Crippen LogP contribution in [0.3, 0.4) is 0 Å². The minimum Gasteiger partial charge on any atom is -0.478 e. The molecule has 1 heterocycles. The van der Waals surface area contributed by atoms with Crippen LogP contribution in [-0.2, 0) is 24.9 Å². The van der Waals surface area contributed by atoms with Gasteiger partial charge in [0, 0.05) is 19.8 Å². The van der Waals surface area contributed by atoms with Crippen LogP contribution in [0.25, 0.3) is 0 Å². The van der Waals surface area contributed by atoms with Crippen LogP contribution in [0, 0.1) is 6.92 Å². The molecule has 6 heteroatoms. The van der Waals surface area contributed by atoms with Crippen molar-refractivity contribution in [2.45, 2.75) is 20.1 Å². The Morgan fingerprint density at radius 3 is 2.76 bits per heavy atom. The maximum atomic E-state index is 11.2. The van der Waals surface area contributed by atoms with Crippen LogP contribution in [0.2, 0.25) is 0 Å². The lowest BCUT2D eigenvalue weighted by atomic mass is 10.1. The molecule has 2 rings (SSSR count). The molecule has 0 fully saturated rings. The van der Waals surface area contributed by atoms with Crippen LogP contribution in [0.4, 0.5) is 5.69 Å². The molecule has 0 radical (unpaired) electrons. The lowest BCUT2D eigenvalue weighted by Crippen LogP contribution is -2.08. The zero-order chi connectivity index (χ0) is 15.4. The van der Waals surface area contributed by atoms with Crippen molar-refractivity contribution in [2.24, 2.45) is 7.05 Å². The van der Waals surface area contributed by atoms with Gasteiger partial charge < -0.3 is 15.2 Å². The summed E-state index contributed by atoms with van der Waals surface area (Å²) in [6.45, 7) is 2.95. The summed E-state index contributed by atoms with van der Waals surface area (Å²) in [7, 11) is 3.47. The average Bonchev–Trinajstić information content (AvgIpc) is 2.76. The largest absolute Gasteiger partial charge is 0.478 e. The van der Waals surface area contributed by atoms with Crippen LogP contribution in [0.15, 0.2) is 24.4 Å². The van der Waals surface area contributed by atoms with Gasteiger partial charge in [0.25, 0.3) is 0 Å². The fourth-order valence-corrected chi connectivity index (χ4v) is 2.18. The molecule has 0 aliphatic heterocycles. The second kappa shape index (κ2) is 6.41. The predicted molar refractivity (Wildman–Crippen MR) is 79.4 cm³/mol. The van der Waals surface area contributed by atoms with Crippen LogP contribution >= 0.6 is 0 Å². The topological polar surface area (TPSA) is 76.4 Å². The van der Waals surface area contributed by atoms with Gasteiger partial charge in [0.15, 0.2) is 0 Å². The van der Waals surface area contributed by atoms with Gasteiger partial charge in [-0.1, -0.05) is 0 Å². The highest BCUT2D eigenvalue weighted by Crippen LogP contribution is 2.17. The number of rotatable bonds is 6. The molecule has 0 amide bonds. The highest BCUT2D eigenvalue weighted by atomic mass is 16.5. The predicted octanol–water partition coefficient (Wildman–Crippen LogP) is 2.19. The lowest BCUT2D eigenvalue weighted by Gasteiger charge is -2.11. The van der Waals surface area contributed by atoms with Gasteiger partial charge in [-0.2, -0.15) is 5.10 Å². The summed E-state index contributed by atoms with van der Waals surface area (Å²) in [5, 5.41) is 16.6. The normalized spacial score (nSPS) is 10.6. The van der Waals surface area contributed by atoms with Crippen molar-refractivity contribution in [1.29, 1.82) is 0 Å². The first-order valence-electron chi connectivity index (χ1n) is 6.59. The molecule has 0 atom stereocenters. The van der Waals surface area contributed by atoms with Crippen LogP contribution in [0.5, 0.6) is 0 Å². The molecule has 1 aromatic heterocycles. The molecule has 1 aromatic carbocycles. The second-order valence-electron chi connectivity index (χ2n) is 4.91. The van der Waals surface area contributed by atoms with Gasteiger partial charge in [-0.05, 0) is 36.2 Å². The quantitative estimate of drug-likeness (QED) is 0.852. The molecular weight excluding hydrogens is 270 g/mol. The molecule has 0 bridgehead atoms. The molecule has 0 aliphatic rings. The summed E-state index contributed by atoms with van der Waals surface area (Å²) < 4.78 is 6.88. The third-order valence-corrected chi connectivity index (χ3v) is 3.28. The van der Waals surface area contributed by atoms with Crippen molar-refractivity contribution in [3.63, 3.8) is 0 Å². The molecule has 2 N–H and O–H groups in total. The molecule has 112 valence electrons. The number of carboxylic acids is 1. The maximum absolute atomic E-state index is 11.2. The molecular formula is C15H19N3O3. The number of aromatic carboxylic acids is 1. The monoisotopic (exact) mass is 289 g/mol. The summed E-state index contributed by atoms with van der Waals surface area (Å²) in [5.41, 5.74) is 3.97. The highest BCUT2D eigenvalue weighted by Gasteiger charge is 2.09. The van der Waals surface area contributed by atoms with Crippen molar-refractivity contribution in [2.75, 3.05) is 12.4 Å². The molecule has 6 nitrogen and oxygen atoms in total. The molecule has 0 spiro atoms. The van der Waals surface area contributed by atoms with E-state index in [4.69, 9.17) is 9.84 Å². The standard InChI is InChI=1S/C15H19N3O3/c1-10-7-17-18(2)14(10)8-16-13-5-11(9-21-3)4-12(6-13)15(19)20/h4-7,16H,8-9H2,1-3H3,(H,19,20). The van der Waals surface area contributed by atoms with Crippen molar-refractivity contribution in [1.82, 2.24) is 9.78 Å². The van der Waals surface area contributed by atoms with E-state index in [9.17, 15) is 4.79 Å². The van der Waals surface area contributed by atoms with E-state index >= 15 is 0 Å². The number of carboxylic acid groups (broad SMARTS) is 1. The summed E-state index contributed by atoms with van der Waals surface area (Å²) in [4.78, 5) is 11.2. The maximum Gasteiger partial charge on any atom is 0.335 e. The minimum absolute atomic E-state index is 0.244. The number of methoxy groups -OCH3 is 1. The number of hydrogen-bond acceptors (Lipinski definition) is 4. The zero-order valence-electron chi connectivity index (χ0n) is 12.4. The number of aryl methyl sites for hydroxylation is 2. The SMILES string of the molecule is COCc1cc(NCc2c(C)cnn2C)cc(C(=O)O)c1. The fraction of sp³-hybridized carbons (Fsp3) is 0.333. The van der Waals surface area contributed by atoms with E-state index in [-0.39, 0.29) is 5.56 Å². The Morgan fingerprint density at radius 2 is 2.19 bits per heavy atom. The third kappa shape index (κ3) is 3.61. The van der Waals surface area contributed by atoms with Gasteiger partial charge in [0.2, 0.25) is 0 Å². The molecule has 0 saturated carbocycles. The number of anilines is 1. The van der Waals surface area contributed by atoms with E-state index in [0.717, 1.165) is 22.5 Å². The van der Waals surface area contributed by atoms with Crippen molar-refractivity contribution >= 4 is 11.7 Å². The van der Waals surface area contributed by atoms with Crippen LogP contribution < -0.4 is 5.32 Å². The molecule has 0 saturated heterocycles. The minimum atomic E-state index is -0.951. The second-order valence-corrected chi connectivity index (χ2v) is 4.91. The smallest absolute Gasteiger partial charge is 0.335 e. The van der Waals surface area contributed by atoms with Gasteiger partial charge in [-0.15, -0.1) is 0 Å². The zero-order valence-corrected chi connectivity index (χ0v) is 12.4. The number of nitrogens with one attached hydrogen (secondary N) is 1. The van der Waals surface area contributed by atoms with Gasteiger partial charge >= 0.3 is 5.97 Å². The van der Waals surface area contributed by atoms with Crippen LogP contribution in [0.1, 0.15) is 27.2 Å². The number of nitrogens with zero attached hydrogens (tertiary/aromatic N) is 2. The van der Waals surface area contributed by atoms with Gasteiger partial charge in [-0.3, -0.25) is 4.68 Å². The fourth-order valence-electron chi connectivity index (χ4n) is 2.18. The summed E-state index contributed by atoms with van der Waals surface area (Å²) in [6, 6.07) is 5.13. The molecule has 0 aliphatic carbocycles. The van der Waals surface area contributed by atoms with E-state index in [1.165, 1.54) is 0 Å². The summed E-state index contributed by atoms with van der Waals surface area (Å²) in [5.74, 6) is -0.951.